The zero-order chi connectivity index (χ0) is 15.8. The van der Waals surface area contributed by atoms with Gasteiger partial charge in [-0.2, -0.15) is 0 Å². The molecule has 0 aliphatic carbocycles. The summed E-state index contributed by atoms with van der Waals surface area (Å²) in [5.41, 5.74) is 0.652. The maximum absolute atomic E-state index is 12.6. The Hall–Kier alpha value is -1.75. The van der Waals surface area contributed by atoms with E-state index in [-0.39, 0.29) is 18.1 Å². The van der Waals surface area contributed by atoms with Crippen molar-refractivity contribution in [2.75, 3.05) is 26.2 Å². The Morgan fingerprint density at radius 3 is 2.83 bits per heavy atom. The fourth-order valence-electron chi connectivity index (χ4n) is 3.84. The molecule has 2 atom stereocenters. The van der Waals surface area contributed by atoms with Crippen molar-refractivity contribution in [1.82, 2.24) is 10.2 Å². The van der Waals surface area contributed by atoms with Crippen LogP contribution in [0.1, 0.15) is 36.5 Å². The van der Waals surface area contributed by atoms with Crippen molar-refractivity contribution in [3.63, 3.8) is 0 Å². The van der Waals surface area contributed by atoms with Crippen LogP contribution in [0.2, 0.25) is 0 Å². The van der Waals surface area contributed by atoms with Crippen molar-refractivity contribution in [3.05, 3.63) is 23.8 Å². The lowest BCUT2D eigenvalue weighted by molar-refractivity contribution is 0.0619. The van der Waals surface area contributed by atoms with E-state index in [2.05, 4.69) is 17.1 Å². The van der Waals surface area contributed by atoms with E-state index in [9.17, 15) is 4.79 Å². The maximum Gasteiger partial charge on any atom is 0.251 e. The highest BCUT2D eigenvalue weighted by Gasteiger charge is 2.35. The molecule has 1 N–H and O–H groups in total. The summed E-state index contributed by atoms with van der Waals surface area (Å²) in [5, 5.41) is 3.22. The molecule has 0 unspecified atom stereocenters. The van der Waals surface area contributed by atoms with Crippen LogP contribution in [0.15, 0.2) is 18.2 Å². The van der Waals surface area contributed by atoms with Crippen molar-refractivity contribution in [2.45, 2.75) is 38.3 Å². The van der Waals surface area contributed by atoms with E-state index < -0.39 is 0 Å². The highest BCUT2D eigenvalue weighted by Crippen LogP contribution is 2.33. The highest BCUT2D eigenvalue weighted by molar-refractivity contribution is 5.95. The Labute approximate surface area is 136 Å². The first-order chi connectivity index (χ1) is 11.2. The normalized spacial score (nSPS) is 31.7. The van der Waals surface area contributed by atoms with Gasteiger partial charge in [0.05, 0.1) is 0 Å². The van der Waals surface area contributed by atoms with Gasteiger partial charge in [0.2, 0.25) is 0 Å². The van der Waals surface area contributed by atoms with Gasteiger partial charge >= 0.3 is 0 Å². The quantitative estimate of drug-likeness (QED) is 0.927. The van der Waals surface area contributed by atoms with Crippen LogP contribution in [-0.2, 0) is 0 Å². The lowest BCUT2D eigenvalue weighted by atomic mass is 9.84. The molecule has 5 heteroatoms. The topological polar surface area (TPSA) is 50.8 Å². The molecule has 2 bridgehead atoms. The van der Waals surface area contributed by atoms with Gasteiger partial charge in [0.1, 0.15) is 12.7 Å². The van der Waals surface area contributed by atoms with Crippen molar-refractivity contribution < 1.29 is 14.3 Å². The molecule has 3 fully saturated rings. The average molecular weight is 316 g/mol. The van der Waals surface area contributed by atoms with Crippen LogP contribution in [0.25, 0.3) is 0 Å². The molecule has 1 aromatic carbocycles. The number of hydrogen-bond acceptors (Lipinski definition) is 4. The molecule has 4 heterocycles. The highest BCUT2D eigenvalue weighted by atomic mass is 16.6. The second-order valence-corrected chi connectivity index (χ2v) is 6.84. The van der Waals surface area contributed by atoms with Gasteiger partial charge in [0, 0.05) is 18.2 Å². The maximum atomic E-state index is 12.6. The summed E-state index contributed by atoms with van der Waals surface area (Å²) in [5.74, 6) is 2.04. The van der Waals surface area contributed by atoms with Crippen LogP contribution < -0.4 is 14.8 Å². The Morgan fingerprint density at radius 1 is 1.30 bits per heavy atom. The number of piperidine rings is 3. The Morgan fingerprint density at radius 2 is 2.13 bits per heavy atom. The van der Waals surface area contributed by atoms with E-state index in [4.69, 9.17) is 9.47 Å². The molecule has 5 rings (SSSR count). The lowest BCUT2D eigenvalue weighted by Crippen LogP contribution is -2.57. The number of ether oxygens (including phenoxy) is 2. The van der Waals surface area contributed by atoms with E-state index >= 15 is 0 Å². The Kier molecular flexibility index (Phi) is 3.89. The van der Waals surface area contributed by atoms with E-state index in [1.54, 1.807) is 6.07 Å². The summed E-state index contributed by atoms with van der Waals surface area (Å²) in [7, 11) is 0. The zero-order valence-electron chi connectivity index (χ0n) is 13.6. The third-order valence-corrected chi connectivity index (χ3v) is 5.35. The van der Waals surface area contributed by atoms with Crippen LogP contribution in [-0.4, -0.2) is 49.2 Å². The van der Waals surface area contributed by atoms with Gasteiger partial charge in [-0.15, -0.1) is 0 Å². The van der Waals surface area contributed by atoms with Crippen LogP contribution in [0.5, 0.6) is 11.5 Å². The van der Waals surface area contributed by atoms with Crippen LogP contribution in [0.3, 0.4) is 0 Å². The number of hydrogen-bond donors (Lipinski definition) is 1. The number of fused-ring (bicyclic) bond motifs is 4. The molecular formula is C18H24N2O3. The third kappa shape index (κ3) is 2.90. The molecule has 5 nitrogen and oxygen atoms in total. The van der Waals surface area contributed by atoms with Gasteiger partial charge in [-0.1, -0.05) is 6.92 Å². The molecule has 0 radical (unpaired) electrons. The molecule has 0 aromatic heterocycles. The predicted octanol–water partition coefficient (Wildman–Crippen LogP) is 2.06. The van der Waals surface area contributed by atoms with Crippen LogP contribution in [0.4, 0.5) is 0 Å². The zero-order valence-corrected chi connectivity index (χ0v) is 13.6. The van der Waals surface area contributed by atoms with Gasteiger partial charge in [-0.25, -0.2) is 0 Å². The van der Waals surface area contributed by atoms with E-state index in [0.717, 1.165) is 18.7 Å². The molecular weight excluding hydrogens is 292 g/mol. The van der Waals surface area contributed by atoms with E-state index in [1.807, 2.05) is 12.1 Å². The summed E-state index contributed by atoms with van der Waals surface area (Å²) in [6.07, 6.45) is 3.42. The molecule has 3 saturated heterocycles. The standard InChI is InChI=1S/C18H24N2O3/c1-2-14-11-22-17-9-13(3-4-16(17)23-14)18(21)19-15-10-20-7-5-12(15)6-8-20/h3-4,9,12,14-15H,2,5-8,10-11H2,1H3,(H,19,21)/t14-,15-/m0/s1. The fraction of sp³-hybridized carbons (Fsp3) is 0.611. The van der Waals surface area contributed by atoms with Crippen molar-refractivity contribution in [3.8, 4) is 11.5 Å². The average Bonchev–Trinajstić information content (AvgIpc) is 2.61. The summed E-state index contributed by atoms with van der Waals surface area (Å²) >= 11 is 0. The number of amides is 1. The lowest BCUT2D eigenvalue weighted by Gasteiger charge is -2.44. The predicted molar refractivity (Wildman–Crippen MR) is 87.1 cm³/mol. The number of nitrogens with zero attached hydrogens (tertiary/aromatic N) is 1. The first-order valence-corrected chi connectivity index (χ1v) is 8.69. The summed E-state index contributed by atoms with van der Waals surface area (Å²) in [6, 6.07) is 5.76. The minimum atomic E-state index is -0.00670. The smallest absolute Gasteiger partial charge is 0.251 e. The number of carbonyl (C=O) groups is 1. The van der Waals surface area contributed by atoms with Gasteiger partial charge in [0.25, 0.3) is 5.91 Å². The second kappa shape index (κ2) is 6.04. The minimum absolute atomic E-state index is 0.00670. The number of carbonyl (C=O) groups excluding carboxylic acids is 1. The fourth-order valence-corrected chi connectivity index (χ4v) is 3.84. The second-order valence-electron chi connectivity index (χ2n) is 6.84. The minimum Gasteiger partial charge on any atom is -0.486 e. The van der Waals surface area contributed by atoms with E-state index in [0.29, 0.717) is 23.8 Å². The van der Waals surface area contributed by atoms with Gasteiger partial charge in [-0.3, -0.25) is 4.79 Å². The molecule has 4 aliphatic rings. The summed E-state index contributed by atoms with van der Waals surface area (Å²) in [4.78, 5) is 15.0. The summed E-state index contributed by atoms with van der Waals surface area (Å²) < 4.78 is 11.6. The van der Waals surface area contributed by atoms with Crippen molar-refractivity contribution in [1.29, 1.82) is 0 Å². The van der Waals surface area contributed by atoms with Gasteiger partial charge < -0.3 is 19.7 Å². The molecule has 1 aromatic rings. The Bertz CT molecular complexity index is 596. The van der Waals surface area contributed by atoms with Crippen molar-refractivity contribution >= 4 is 5.91 Å². The molecule has 4 aliphatic heterocycles. The number of benzene rings is 1. The molecule has 0 saturated carbocycles. The van der Waals surface area contributed by atoms with E-state index in [1.165, 1.54) is 25.9 Å². The third-order valence-electron chi connectivity index (χ3n) is 5.35. The summed E-state index contributed by atoms with van der Waals surface area (Å²) in [6.45, 7) is 5.97. The number of nitrogens with one attached hydrogen (secondary N) is 1. The molecule has 23 heavy (non-hydrogen) atoms. The van der Waals surface area contributed by atoms with Crippen LogP contribution >= 0.6 is 0 Å². The number of rotatable bonds is 3. The monoisotopic (exact) mass is 316 g/mol. The SMILES string of the molecule is CC[C@H]1COc2cc(C(=O)N[C@H]3CN4CCC3CC4)ccc2O1. The largest absolute Gasteiger partial charge is 0.486 e. The van der Waals surface area contributed by atoms with Gasteiger partial charge in [0.15, 0.2) is 11.5 Å². The molecule has 0 spiro atoms. The molecule has 1 amide bonds. The molecule has 124 valence electrons. The van der Waals surface area contributed by atoms with Crippen LogP contribution in [0, 0.1) is 5.92 Å². The first kappa shape index (κ1) is 14.8. The first-order valence-electron chi connectivity index (χ1n) is 8.69. The Balaban J connectivity index is 1.45. The van der Waals surface area contributed by atoms with Gasteiger partial charge in [-0.05, 0) is 56.5 Å². The van der Waals surface area contributed by atoms with Crippen molar-refractivity contribution in [2.24, 2.45) is 5.92 Å².